The van der Waals surface area contributed by atoms with Crippen molar-refractivity contribution in [2.24, 2.45) is 17.4 Å². The van der Waals surface area contributed by atoms with Crippen LogP contribution in [0.5, 0.6) is 0 Å². The van der Waals surface area contributed by atoms with Crippen molar-refractivity contribution in [3.63, 3.8) is 0 Å². The van der Waals surface area contributed by atoms with Gasteiger partial charge < -0.3 is 22.1 Å². The van der Waals surface area contributed by atoms with Crippen LogP contribution in [-0.2, 0) is 4.79 Å². The molecule has 138 valence electrons. The van der Waals surface area contributed by atoms with Crippen LogP contribution in [0.3, 0.4) is 0 Å². The van der Waals surface area contributed by atoms with Gasteiger partial charge in [0.15, 0.2) is 0 Å². The minimum Gasteiger partial charge on any atom is -0.383 e. The van der Waals surface area contributed by atoms with E-state index in [2.05, 4.69) is 10.6 Å². The molecule has 1 saturated carbocycles. The zero-order valence-corrected chi connectivity index (χ0v) is 15.0. The molecule has 1 aliphatic rings. The van der Waals surface area contributed by atoms with E-state index in [0.29, 0.717) is 18.0 Å². The summed E-state index contributed by atoms with van der Waals surface area (Å²) in [6.07, 6.45) is 6.96. The fourth-order valence-corrected chi connectivity index (χ4v) is 3.34. The molecule has 6 heteroatoms. The summed E-state index contributed by atoms with van der Waals surface area (Å²) in [5, 5.41) is 6.16. The van der Waals surface area contributed by atoms with Gasteiger partial charge in [-0.3, -0.25) is 9.59 Å². The Hall–Kier alpha value is -2.08. The summed E-state index contributed by atoms with van der Waals surface area (Å²) in [4.78, 5) is 23.5. The molecule has 0 aromatic heterocycles. The highest BCUT2D eigenvalue weighted by Crippen LogP contribution is 2.26. The first kappa shape index (κ1) is 19.2. The third kappa shape index (κ3) is 6.38. The molecular weight excluding hydrogens is 316 g/mol. The lowest BCUT2D eigenvalue weighted by atomic mass is 9.85. The van der Waals surface area contributed by atoms with Gasteiger partial charge in [0, 0.05) is 23.8 Å². The van der Waals surface area contributed by atoms with Crippen LogP contribution in [0.4, 0.5) is 5.69 Å². The minimum absolute atomic E-state index is 0.0675. The number of nitrogens with two attached hydrogens (primary N) is 2. The van der Waals surface area contributed by atoms with Gasteiger partial charge in [-0.2, -0.15) is 0 Å². The van der Waals surface area contributed by atoms with Gasteiger partial charge >= 0.3 is 0 Å². The van der Waals surface area contributed by atoms with Crippen LogP contribution in [0.25, 0.3) is 0 Å². The number of amides is 2. The Kier molecular flexibility index (Phi) is 7.25. The Morgan fingerprint density at radius 1 is 1.24 bits per heavy atom. The molecule has 1 fully saturated rings. The summed E-state index contributed by atoms with van der Waals surface area (Å²) < 4.78 is 0. The van der Waals surface area contributed by atoms with Gasteiger partial charge in [-0.05, 0) is 37.5 Å². The average Bonchev–Trinajstić information content (AvgIpc) is 2.61. The first-order chi connectivity index (χ1) is 12.0. The Bertz CT molecular complexity index is 585. The molecule has 2 atom stereocenters. The molecule has 6 N–H and O–H groups in total. The molecule has 0 aliphatic heterocycles. The maximum Gasteiger partial charge on any atom is 0.248 e. The molecular formula is C19H30N4O2. The number of carbonyl (C=O) groups is 2. The highest BCUT2D eigenvalue weighted by atomic mass is 16.2. The molecule has 0 heterocycles. The maximum absolute atomic E-state index is 12.3. The highest BCUT2D eigenvalue weighted by Gasteiger charge is 2.22. The largest absolute Gasteiger partial charge is 0.383 e. The van der Waals surface area contributed by atoms with Gasteiger partial charge in [0.2, 0.25) is 11.8 Å². The molecule has 1 aromatic rings. The molecule has 1 aliphatic carbocycles. The second-order valence-electron chi connectivity index (χ2n) is 7.08. The predicted molar refractivity (Wildman–Crippen MR) is 100 cm³/mol. The molecule has 0 unspecified atom stereocenters. The van der Waals surface area contributed by atoms with Crippen LogP contribution in [0, 0.1) is 5.92 Å². The number of nitrogens with one attached hydrogen (secondary N) is 2. The quantitative estimate of drug-likeness (QED) is 0.577. The van der Waals surface area contributed by atoms with E-state index < -0.39 is 11.9 Å². The van der Waals surface area contributed by atoms with Crippen molar-refractivity contribution in [1.82, 2.24) is 5.32 Å². The fraction of sp³-hybridized carbons (Fsp3) is 0.579. The van der Waals surface area contributed by atoms with Gasteiger partial charge in [-0.1, -0.05) is 38.2 Å². The first-order valence-electron chi connectivity index (χ1n) is 9.15. The minimum atomic E-state index is -0.460. The van der Waals surface area contributed by atoms with Crippen LogP contribution >= 0.6 is 0 Å². The van der Waals surface area contributed by atoms with Crippen LogP contribution < -0.4 is 22.1 Å². The number of hydrogen-bond donors (Lipinski definition) is 4. The smallest absolute Gasteiger partial charge is 0.248 e. The Labute approximate surface area is 149 Å². The normalized spacial score (nSPS) is 17.5. The molecule has 2 rings (SSSR count). The summed E-state index contributed by atoms with van der Waals surface area (Å²) in [6.45, 7) is 2.47. The van der Waals surface area contributed by atoms with Gasteiger partial charge in [-0.15, -0.1) is 0 Å². The number of benzene rings is 1. The van der Waals surface area contributed by atoms with Gasteiger partial charge in [0.05, 0.1) is 6.04 Å². The van der Waals surface area contributed by atoms with E-state index in [0.717, 1.165) is 12.1 Å². The summed E-state index contributed by atoms with van der Waals surface area (Å²) >= 11 is 0. The summed E-state index contributed by atoms with van der Waals surface area (Å²) in [5.41, 5.74) is 12.6. The third-order valence-corrected chi connectivity index (χ3v) is 4.80. The van der Waals surface area contributed by atoms with E-state index in [1.807, 2.05) is 13.0 Å². The van der Waals surface area contributed by atoms with Crippen LogP contribution in [0.1, 0.15) is 55.8 Å². The summed E-state index contributed by atoms with van der Waals surface area (Å²) in [7, 11) is 0. The molecule has 0 saturated heterocycles. The molecule has 0 bridgehead atoms. The number of carbonyl (C=O) groups excluding carboxylic acids is 2. The van der Waals surface area contributed by atoms with Crippen molar-refractivity contribution in [1.29, 1.82) is 0 Å². The Balaban J connectivity index is 1.75. The van der Waals surface area contributed by atoms with Crippen LogP contribution in [-0.4, -0.2) is 30.4 Å². The topological polar surface area (TPSA) is 110 Å². The lowest BCUT2D eigenvalue weighted by Gasteiger charge is -2.25. The fourth-order valence-electron chi connectivity index (χ4n) is 3.34. The van der Waals surface area contributed by atoms with Gasteiger partial charge in [0.25, 0.3) is 0 Å². The lowest BCUT2D eigenvalue weighted by molar-refractivity contribution is -0.123. The van der Waals surface area contributed by atoms with Crippen LogP contribution in [0.15, 0.2) is 24.3 Å². The third-order valence-electron chi connectivity index (χ3n) is 4.80. The molecule has 0 radical (unpaired) electrons. The van der Waals surface area contributed by atoms with E-state index in [-0.39, 0.29) is 11.9 Å². The summed E-state index contributed by atoms with van der Waals surface area (Å²) in [6, 6.07) is 6.49. The standard InChI is InChI=1S/C19H30N4O2/c1-13(12-22-16-9-5-8-15(11-16)18(21)24)23-19(25)17(20)10-14-6-3-2-4-7-14/h5,8-9,11,13-14,17,22H,2-4,6-7,10,12,20H2,1H3,(H2,21,24)(H,23,25)/t13-,17-/m0/s1. The van der Waals surface area contributed by atoms with Gasteiger partial charge in [-0.25, -0.2) is 0 Å². The van der Waals surface area contributed by atoms with Crippen molar-refractivity contribution in [3.05, 3.63) is 29.8 Å². The lowest BCUT2D eigenvalue weighted by Crippen LogP contribution is -2.47. The maximum atomic E-state index is 12.3. The van der Waals surface area contributed by atoms with Crippen molar-refractivity contribution in [3.8, 4) is 0 Å². The van der Waals surface area contributed by atoms with Crippen molar-refractivity contribution < 1.29 is 9.59 Å². The molecule has 0 spiro atoms. The SMILES string of the molecule is C[C@@H](CNc1cccc(C(N)=O)c1)NC(=O)[C@@H](N)CC1CCCCC1. The predicted octanol–water partition coefficient (Wildman–Crippen LogP) is 2.00. The number of anilines is 1. The zero-order valence-electron chi connectivity index (χ0n) is 15.0. The van der Waals surface area contributed by atoms with E-state index in [1.54, 1.807) is 18.2 Å². The Morgan fingerprint density at radius 2 is 1.96 bits per heavy atom. The van der Waals surface area contributed by atoms with Gasteiger partial charge in [0.1, 0.15) is 0 Å². The second-order valence-corrected chi connectivity index (χ2v) is 7.08. The number of rotatable bonds is 8. The van der Waals surface area contributed by atoms with E-state index in [1.165, 1.54) is 32.1 Å². The monoisotopic (exact) mass is 346 g/mol. The second kappa shape index (κ2) is 9.42. The average molecular weight is 346 g/mol. The number of hydrogen-bond acceptors (Lipinski definition) is 4. The van der Waals surface area contributed by atoms with E-state index >= 15 is 0 Å². The Morgan fingerprint density at radius 3 is 2.64 bits per heavy atom. The van der Waals surface area contributed by atoms with Crippen molar-refractivity contribution >= 4 is 17.5 Å². The van der Waals surface area contributed by atoms with E-state index in [4.69, 9.17) is 11.5 Å². The molecule has 25 heavy (non-hydrogen) atoms. The highest BCUT2D eigenvalue weighted by molar-refractivity contribution is 5.93. The van der Waals surface area contributed by atoms with Crippen molar-refractivity contribution in [2.75, 3.05) is 11.9 Å². The zero-order chi connectivity index (χ0) is 18.2. The number of primary amides is 1. The van der Waals surface area contributed by atoms with Crippen LogP contribution in [0.2, 0.25) is 0 Å². The van der Waals surface area contributed by atoms with E-state index in [9.17, 15) is 9.59 Å². The molecule has 1 aromatic carbocycles. The summed E-state index contributed by atoms with van der Waals surface area (Å²) in [5.74, 6) is 0.0314. The molecule has 2 amide bonds. The van der Waals surface area contributed by atoms with Crippen molar-refractivity contribution in [2.45, 2.75) is 57.5 Å². The first-order valence-corrected chi connectivity index (χ1v) is 9.15. The molecule has 6 nitrogen and oxygen atoms in total.